The summed E-state index contributed by atoms with van der Waals surface area (Å²) in [6.07, 6.45) is 3.47. The number of benzene rings is 2. The number of methoxy groups -OCH3 is 3. The number of morpholine rings is 1. The summed E-state index contributed by atoms with van der Waals surface area (Å²) >= 11 is 0. The van der Waals surface area contributed by atoms with E-state index in [4.69, 9.17) is 18.9 Å². The Morgan fingerprint density at radius 3 is 2.29 bits per heavy atom. The first-order chi connectivity index (χ1) is 19.6. The van der Waals surface area contributed by atoms with E-state index in [-0.39, 0.29) is 41.9 Å². The molecule has 0 aromatic heterocycles. The normalized spacial score (nSPS) is 23.7. The second-order valence-electron chi connectivity index (χ2n) is 11.7. The van der Waals surface area contributed by atoms with Crippen molar-refractivity contribution in [1.82, 2.24) is 9.62 Å². The van der Waals surface area contributed by atoms with E-state index < -0.39 is 10.0 Å². The van der Waals surface area contributed by atoms with Crippen molar-refractivity contribution in [2.45, 2.75) is 50.6 Å². The molecule has 5 rings (SSSR count). The molecule has 2 N–H and O–H groups in total. The van der Waals surface area contributed by atoms with Crippen molar-refractivity contribution in [3.8, 4) is 17.2 Å². The van der Waals surface area contributed by atoms with Crippen molar-refractivity contribution < 1.29 is 32.2 Å². The Hall–Kier alpha value is -3.02. The summed E-state index contributed by atoms with van der Waals surface area (Å²) in [5, 5.41) is 6.53. The van der Waals surface area contributed by atoms with Gasteiger partial charge in [-0.1, -0.05) is 13.8 Å². The van der Waals surface area contributed by atoms with Crippen molar-refractivity contribution in [1.29, 1.82) is 0 Å². The number of carbonyl (C=O) groups excluding carboxylic acids is 1. The number of carbonyl (C=O) groups is 1. The summed E-state index contributed by atoms with van der Waals surface area (Å²) < 4.78 is 50.9. The van der Waals surface area contributed by atoms with Gasteiger partial charge in [-0.25, -0.2) is 8.42 Å². The third-order valence-corrected chi connectivity index (χ3v) is 11.1. The van der Waals surface area contributed by atoms with Crippen LogP contribution in [0.4, 0.5) is 5.69 Å². The quantitative estimate of drug-likeness (QED) is 0.430. The van der Waals surface area contributed by atoms with Crippen molar-refractivity contribution in [2.24, 2.45) is 17.3 Å². The van der Waals surface area contributed by atoms with Gasteiger partial charge in [0.15, 0.2) is 11.5 Å². The van der Waals surface area contributed by atoms with E-state index in [1.54, 1.807) is 26.4 Å². The maximum Gasteiger partial charge on any atom is 0.251 e. The number of nitrogens with one attached hydrogen (secondary N) is 2. The Morgan fingerprint density at radius 1 is 1.02 bits per heavy atom. The highest BCUT2D eigenvalue weighted by molar-refractivity contribution is 7.89. The lowest BCUT2D eigenvalue weighted by Crippen LogP contribution is -2.48. The molecule has 1 saturated heterocycles. The number of hydrogen-bond acceptors (Lipinski definition) is 8. The Kier molecular flexibility index (Phi) is 8.41. The molecule has 1 amide bonds. The molecule has 2 aliphatic carbocycles. The number of rotatable bonds is 10. The van der Waals surface area contributed by atoms with E-state index in [0.29, 0.717) is 53.5 Å². The van der Waals surface area contributed by atoms with Crippen LogP contribution in [0.2, 0.25) is 0 Å². The number of anilines is 1. The van der Waals surface area contributed by atoms with Crippen LogP contribution in [0.25, 0.3) is 0 Å². The Morgan fingerprint density at radius 2 is 1.71 bits per heavy atom. The SMILES string of the molecule is COc1cc(CNc2ccc(C(=O)NC3[C@H]4CC[C@H](C4)C3(C)C)cc2S(=O)(=O)N2CCOCC2)cc(OC)c1OC. The Bertz CT molecular complexity index is 1360. The molecule has 3 atom stereocenters. The molecule has 2 aromatic carbocycles. The monoisotopic (exact) mass is 587 g/mol. The molecule has 1 heterocycles. The van der Waals surface area contributed by atoms with Crippen LogP contribution in [0.3, 0.4) is 0 Å². The molecule has 41 heavy (non-hydrogen) atoms. The van der Waals surface area contributed by atoms with Crippen LogP contribution in [0.15, 0.2) is 35.2 Å². The van der Waals surface area contributed by atoms with Crippen LogP contribution < -0.4 is 24.8 Å². The van der Waals surface area contributed by atoms with E-state index in [2.05, 4.69) is 24.5 Å². The molecule has 11 heteroatoms. The fourth-order valence-corrected chi connectivity index (χ4v) is 8.37. The smallest absolute Gasteiger partial charge is 0.251 e. The van der Waals surface area contributed by atoms with E-state index >= 15 is 0 Å². The van der Waals surface area contributed by atoms with Crippen LogP contribution in [0.5, 0.6) is 17.2 Å². The molecular formula is C30H41N3O7S. The highest BCUT2D eigenvalue weighted by atomic mass is 32.2. The minimum Gasteiger partial charge on any atom is -0.493 e. The molecule has 2 bridgehead atoms. The summed E-state index contributed by atoms with van der Waals surface area (Å²) in [6.45, 7) is 5.90. The van der Waals surface area contributed by atoms with Gasteiger partial charge in [0.2, 0.25) is 15.8 Å². The van der Waals surface area contributed by atoms with E-state index in [0.717, 1.165) is 18.4 Å². The van der Waals surface area contributed by atoms with Crippen molar-refractivity contribution in [2.75, 3.05) is 52.9 Å². The Labute approximate surface area is 242 Å². The zero-order chi connectivity index (χ0) is 29.4. The average Bonchev–Trinajstić information content (AvgIpc) is 3.56. The number of fused-ring (bicyclic) bond motifs is 2. The summed E-state index contributed by atoms with van der Waals surface area (Å²) in [5.74, 6) is 2.31. The lowest BCUT2D eigenvalue weighted by molar-refractivity contribution is 0.0730. The first kappa shape index (κ1) is 29.5. The largest absolute Gasteiger partial charge is 0.493 e. The third-order valence-electron chi connectivity index (χ3n) is 9.12. The minimum absolute atomic E-state index is 0.0171. The van der Waals surface area contributed by atoms with Crippen LogP contribution in [-0.4, -0.2) is 72.3 Å². The van der Waals surface area contributed by atoms with Gasteiger partial charge < -0.3 is 29.6 Å². The van der Waals surface area contributed by atoms with Crippen molar-refractivity contribution >= 4 is 21.6 Å². The number of amides is 1. The molecule has 10 nitrogen and oxygen atoms in total. The van der Waals surface area contributed by atoms with Gasteiger partial charge in [0.1, 0.15) is 4.90 Å². The minimum atomic E-state index is -3.91. The van der Waals surface area contributed by atoms with Gasteiger partial charge in [-0.05, 0) is 72.4 Å². The highest BCUT2D eigenvalue weighted by Crippen LogP contribution is 2.55. The topological polar surface area (TPSA) is 115 Å². The predicted octanol–water partition coefficient (Wildman–Crippen LogP) is 3.90. The van der Waals surface area contributed by atoms with Crippen molar-refractivity contribution in [3.63, 3.8) is 0 Å². The molecule has 1 aliphatic heterocycles. The first-order valence-corrected chi connectivity index (χ1v) is 15.6. The van der Waals surface area contributed by atoms with Gasteiger partial charge in [0.05, 0.1) is 40.2 Å². The highest BCUT2D eigenvalue weighted by Gasteiger charge is 2.53. The van der Waals surface area contributed by atoms with Gasteiger partial charge >= 0.3 is 0 Å². The number of sulfonamides is 1. The number of hydrogen-bond donors (Lipinski definition) is 2. The predicted molar refractivity (Wildman–Crippen MR) is 155 cm³/mol. The second-order valence-corrected chi connectivity index (χ2v) is 13.6. The lowest BCUT2D eigenvalue weighted by Gasteiger charge is -2.38. The molecule has 1 unspecified atom stereocenters. The van der Waals surface area contributed by atoms with Gasteiger partial charge in [0.25, 0.3) is 5.91 Å². The van der Waals surface area contributed by atoms with Gasteiger partial charge in [0, 0.05) is 31.2 Å². The molecule has 2 aromatic rings. The van der Waals surface area contributed by atoms with Gasteiger partial charge in [-0.2, -0.15) is 4.31 Å². The summed E-state index contributed by atoms with van der Waals surface area (Å²) in [5.41, 5.74) is 1.55. The van der Waals surface area contributed by atoms with E-state index in [1.165, 1.54) is 23.9 Å². The summed E-state index contributed by atoms with van der Waals surface area (Å²) in [7, 11) is 0.722. The molecule has 3 aliphatic rings. The van der Waals surface area contributed by atoms with Crippen LogP contribution in [0, 0.1) is 17.3 Å². The van der Waals surface area contributed by atoms with Crippen LogP contribution in [0.1, 0.15) is 49.0 Å². The van der Waals surface area contributed by atoms with Gasteiger partial charge in [-0.15, -0.1) is 0 Å². The molecule has 2 saturated carbocycles. The lowest BCUT2D eigenvalue weighted by atomic mass is 9.73. The maximum absolute atomic E-state index is 13.9. The zero-order valence-corrected chi connectivity index (χ0v) is 25.3. The fourth-order valence-electron chi connectivity index (χ4n) is 6.77. The number of nitrogens with zero attached hydrogens (tertiary/aromatic N) is 1. The van der Waals surface area contributed by atoms with E-state index in [1.807, 2.05) is 12.1 Å². The summed E-state index contributed by atoms with van der Waals surface area (Å²) in [4.78, 5) is 13.6. The molecule has 0 spiro atoms. The van der Waals surface area contributed by atoms with Crippen LogP contribution >= 0.6 is 0 Å². The van der Waals surface area contributed by atoms with E-state index in [9.17, 15) is 13.2 Å². The molecular weight excluding hydrogens is 546 g/mol. The molecule has 0 radical (unpaired) electrons. The summed E-state index contributed by atoms with van der Waals surface area (Å²) in [6, 6.07) is 8.55. The zero-order valence-electron chi connectivity index (χ0n) is 24.5. The molecule has 3 fully saturated rings. The fraction of sp³-hybridized carbons (Fsp3) is 0.567. The van der Waals surface area contributed by atoms with Crippen molar-refractivity contribution in [3.05, 3.63) is 41.5 Å². The second kappa shape index (κ2) is 11.7. The molecule has 224 valence electrons. The first-order valence-electron chi connectivity index (χ1n) is 14.2. The average molecular weight is 588 g/mol. The van der Waals surface area contributed by atoms with Gasteiger partial charge in [-0.3, -0.25) is 4.79 Å². The maximum atomic E-state index is 13.9. The third kappa shape index (κ3) is 5.59. The Balaban J connectivity index is 1.44. The van der Waals surface area contributed by atoms with Crippen LogP contribution in [-0.2, 0) is 21.3 Å². The number of ether oxygens (including phenoxy) is 4. The standard InChI is InChI=1S/C30H41N3O7S/c1-30(2)22-8-6-20(16-22)28(30)32-29(34)21-7-9-23(26(17-21)41(35,36)33-10-12-40-13-11-33)31-18-19-14-24(37-3)27(39-5)25(15-19)38-4/h7,9,14-15,17,20,22,28,31H,6,8,10-13,16,18H2,1-5H3,(H,32,34)/t20-,22+,28?/m0/s1.